The average Bonchev–Trinajstić information content (AvgIpc) is 2.35. The summed E-state index contributed by atoms with van der Waals surface area (Å²) in [5, 5.41) is 3.98. The lowest BCUT2D eigenvalue weighted by Crippen LogP contribution is -2.46. The number of hydrogen-bond donors (Lipinski definition) is 3. The van der Waals surface area contributed by atoms with Crippen LogP contribution in [-0.2, 0) is 10.2 Å². The Morgan fingerprint density at radius 2 is 2.00 bits per heavy atom. The number of halogens is 1. The first-order valence-corrected chi connectivity index (χ1v) is 7.20. The molecule has 1 aliphatic heterocycles. The zero-order valence-corrected chi connectivity index (χ0v) is 13.3. The van der Waals surface area contributed by atoms with E-state index in [4.69, 9.17) is 23.8 Å². The summed E-state index contributed by atoms with van der Waals surface area (Å²) < 4.78 is 0. The third-order valence-electron chi connectivity index (χ3n) is 3.41. The minimum absolute atomic E-state index is 0.0854. The average molecular weight is 312 g/mol. The summed E-state index contributed by atoms with van der Waals surface area (Å²) in [5.74, 6) is -0.0854. The SMILES string of the molecule is Cc1cc2c(cc1Cl)NCC(=S)NNC(=O)CC2(C)C. The van der Waals surface area contributed by atoms with Gasteiger partial charge in [0.2, 0.25) is 5.91 Å². The molecule has 1 heterocycles. The van der Waals surface area contributed by atoms with Gasteiger partial charge < -0.3 is 5.32 Å². The molecule has 2 rings (SSSR count). The van der Waals surface area contributed by atoms with Gasteiger partial charge in [-0.05, 0) is 24.1 Å². The van der Waals surface area contributed by atoms with Gasteiger partial charge in [0, 0.05) is 22.5 Å². The van der Waals surface area contributed by atoms with Crippen LogP contribution in [0, 0.1) is 6.92 Å². The van der Waals surface area contributed by atoms with Gasteiger partial charge in [-0.1, -0.05) is 43.7 Å². The Balaban J connectivity index is 2.51. The summed E-state index contributed by atoms with van der Waals surface area (Å²) in [7, 11) is 0. The summed E-state index contributed by atoms with van der Waals surface area (Å²) >= 11 is 11.3. The van der Waals surface area contributed by atoms with Gasteiger partial charge >= 0.3 is 0 Å². The van der Waals surface area contributed by atoms with Crippen LogP contribution in [0.5, 0.6) is 0 Å². The Labute approximate surface area is 129 Å². The van der Waals surface area contributed by atoms with Crippen LogP contribution in [0.1, 0.15) is 31.4 Å². The van der Waals surface area contributed by atoms with Crippen molar-refractivity contribution in [1.29, 1.82) is 0 Å². The molecule has 1 aromatic carbocycles. The number of hydrazine groups is 1. The van der Waals surface area contributed by atoms with Gasteiger partial charge in [0.1, 0.15) is 4.99 Å². The molecule has 6 heteroatoms. The zero-order chi connectivity index (χ0) is 14.9. The van der Waals surface area contributed by atoms with Gasteiger partial charge in [0.15, 0.2) is 0 Å². The van der Waals surface area contributed by atoms with Gasteiger partial charge in [0.25, 0.3) is 0 Å². The van der Waals surface area contributed by atoms with E-state index >= 15 is 0 Å². The van der Waals surface area contributed by atoms with Gasteiger partial charge in [-0.25, -0.2) is 0 Å². The maximum absolute atomic E-state index is 11.9. The molecule has 0 radical (unpaired) electrons. The minimum atomic E-state index is -0.303. The fourth-order valence-electron chi connectivity index (χ4n) is 2.29. The monoisotopic (exact) mass is 311 g/mol. The van der Waals surface area contributed by atoms with Crippen LogP contribution in [0.2, 0.25) is 5.02 Å². The Kier molecular flexibility index (Phi) is 4.20. The number of anilines is 1. The Hall–Kier alpha value is -1.33. The second-order valence-electron chi connectivity index (χ2n) is 5.66. The Morgan fingerprint density at radius 3 is 2.70 bits per heavy atom. The Morgan fingerprint density at radius 1 is 1.30 bits per heavy atom. The first-order valence-electron chi connectivity index (χ1n) is 6.42. The number of carbonyl (C=O) groups is 1. The van der Waals surface area contributed by atoms with Gasteiger partial charge in [-0.3, -0.25) is 15.6 Å². The Bertz CT molecular complexity index is 572. The van der Waals surface area contributed by atoms with Crippen molar-refractivity contribution >= 4 is 40.4 Å². The lowest BCUT2D eigenvalue weighted by molar-refractivity contribution is -0.122. The fraction of sp³-hybridized carbons (Fsp3) is 0.429. The number of amides is 1. The highest BCUT2D eigenvalue weighted by atomic mass is 35.5. The molecule has 0 aliphatic carbocycles. The predicted octanol–water partition coefficient (Wildman–Crippen LogP) is 2.69. The molecule has 0 spiro atoms. The summed E-state index contributed by atoms with van der Waals surface area (Å²) in [6, 6.07) is 3.94. The quantitative estimate of drug-likeness (QED) is 0.645. The van der Waals surface area contributed by atoms with Crippen LogP contribution in [0.4, 0.5) is 5.69 Å². The topological polar surface area (TPSA) is 53.2 Å². The molecular formula is C14H18ClN3OS. The number of hydrogen-bond acceptors (Lipinski definition) is 3. The third kappa shape index (κ3) is 3.22. The van der Waals surface area contributed by atoms with Crippen molar-refractivity contribution in [1.82, 2.24) is 10.9 Å². The molecule has 0 atom stereocenters. The molecule has 0 aromatic heterocycles. The second kappa shape index (κ2) is 5.58. The smallest absolute Gasteiger partial charge is 0.239 e. The highest BCUT2D eigenvalue weighted by Crippen LogP contribution is 2.36. The van der Waals surface area contributed by atoms with E-state index in [-0.39, 0.29) is 11.3 Å². The molecular weight excluding hydrogens is 294 g/mol. The van der Waals surface area contributed by atoms with Crippen LogP contribution in [0.15, 0.2) is 12.1 Å². The predicted molar refractivity (Wildman–Crippen MR) is 86.2 cm³/mol. The molecule has 0 unspecified atom stereocenters. The largest absolute Gasteiger partial charge is 0.378 e. The lowest BCUT2D eigenvalue weighted by atomic mass is 9.79. The number of benzene rings is 1. The van der Waals surface area contributed by atoms with Crippen molar-refractivity contribution in [2.75, 3.05) is 11.9 Å². The van der Waals surface area contributed by atoms with Crippen LogP contribution < -0.4 is 16.2 Å². The number of rotatable bonds is 0. The van der Waals surface area contributed by atoms with E-state index in [2.05, 4.69) is 16.2 Å². The summed E-state index contributed by atoms with van der Waals surface area (Å²) in [6.07, 6.45) is 0.359. The normalized spacial score (nSPS) is 18.4. The highest BCUT2D eigenvalue weighted by molar-refractivity contribution is 7.80. The molecule has 3 N–H and O–H groups in total. The lowest BCUT2D eigenvalue weighted by Gasteiger charge is -2.30. The highest BCUT2D eigenvalue weighted by Gasteiger charge is 2.28. The molecule has 0 fully saturated rings. The second-order valence-corrected chi connectivity index (χ2v) is 6.56. The van der Waals surface area contributed by atoms with Crippen molar-refractivity contribution in [2.45, 2.75) is 32.6 Å². The first-order chi connectivity index (χ1) is 9.29. The summed E-state index contributed by atoms with van der Waals surface area (Å²) in [5.41, 5.74) is 8.04. The maximum atomic E-state index is 11.9. The van der Waals surface area contributed by atoms with E-state index < -0.39 is 0 Å². The van der Waals surface area contributed by atoms with E-state index in [0.29, 0.717) is 23.0 Å². The molecule has 0 saturated heterocycles. The molecule has 1 aromatic rings. The summed E-state index contributed by atoms with van der Waals surface area (Å²) in [4.78, 5) is 12.5. The number of carbonyl (C=O) groups excluding carboxylic acids is 1. The molecule has 108 valence electrons. The fourth-order valence-corrected chi connectivity index (χ4v) is 2.57. The van der Waals surface area contributed by atoms with E-state index in [1.807, 2.05) is 32.9 Å². The van der Waals surface area contributed by atoms with E-state index in [1.54, 1.807) is 0 Å². The molecule has 20 heavy (non-hydrogen) atoms. The van der Waals surface area contributed by atoms with Crippen LogP contribution >= 0.6 is 23.8 Å². The number of aryl methyl sites for hydroxylation is 1. The standard InChI is InChI=1S/C14H18ClN3OS/c1-8-4-9-11(5-10(8)15)16-7-13(20)18-17-12(19)6-14(9,2)3/h4-5,16H,6-7H2,1-3H3,(H,17,19)(H,18,20). The molecule has 0 bridgehead atoms. The summed E-state index contributed by atoms with van der Waals surface area (Å²) in [6.45, 7) is 6.49. The van der Waals surface area contributed by atoms with Gasteiger partial charge in [-0.2, -0.15) is 0 Å². The number of nitrogens with one attached hydrogen (secondary N) is 3. The number of fused-ring (bicyclic) bond motifs is 1. The van der Waals surface area contributed by atoms with Crippen molar-refractivity contribution < 1.29 is 4.79 Å². The van der Waals surface area contributed by atoms with Gasteiger partial charge in [0.05, 0.1) is 6.54 Å². The van der Waals surface area contributed by atoms with Crippen molar-refractivity contribution in [3.05, 3.63) is 28.3 Å². The molecule has 1 amide bonds. The van der Waals surface area contributed by atoms with E-state index in [9.17, 15) is 4.79 Å². The molecule has 4 nitrogen and oxygen atoms in total. The molecule has 1 aliphatic rings. The van der Waals surface area contributed by atoms with E-state index in [0.717, 1.165) is 16.8 Å². The molecule has 0 saturated carbocycles. The maximum Gasteiger partial charge on any atom is 0.239 e. The van der Waals surface area contributed by atoms with Crippen molar-refractivity contribution in [3.63, 3.8) is 0 Å². The minimum Gasteiger partial charge on any atom is -0.378 e. The third-order valence-corrected chi connectivity index (χ3v) is 4.06. The first kappa shape index (κ1) is 15.1. The van der Waals surface area contributed by atoms with Crippen molar-refractivity contribution in [2.24, 2.45) is 0 Å². The number of thiocarbonyl (C=S) groups is 1. The van der Waals surface area contributed by atoms with Crippen molar-refractivity contribution in [3.8, 4) is 0 Å². The van der Waals surface area contributed by atoms with Gasteiger partial charge in [-0.15, -0.1) is 0 Å². The zero-order valence-electron chi connectivity index (χ0n) is 11.8. The van der Waals surface area contributed by atoms with Crippen LogP contribution in [0.25, 0.3) is 0 Å². The van der Waals surface area contributed by atoms with E-state index in [1.165, 1.54) is 0 Å². The van der Waals surface area contributed by atoms with Crippen LogP contribution in [0.3, 0.4) is 0 Å². The van der Waals surface area contributed by atoms with Crippen LogP contribution in [-0.4, -0.2) is 17.4 Å².